The number of benzene rings is 1. The number of hydrogen-bond acceptors (Lipinski definition) is 3. The van der Waals surface area contributed by atoms with Crippen molar-refractivity contribution < 1.29 is 36.6 Å². The maximum absolute atomic E-state index is 13.4. The van der Waals surface area contributed by atoms with Gasteiger partial charge < -0.3 is 10.0 Å². The molecule has 3 atom stereocenters. The molecule has 0 bridgehead atoms. The Balaban J connectivity index is 2.05. The lowest BCUT2D eigenvalue weighted by molar-refractivity contribution is -0.188. The van der Waals surface area contributed by atoms with Crippen LogP contribution in [0.5, 0.6) is 0 Å². The molecule has 1 unspecified atom stereocenters. The first-order valence-electron chi connectivity index (χ1n) is 8.14. The fraction of sp³-hybridized carbons (Fsp3) is 0.529. The van der Waals surface area contributed by atoms with Gasteiger partial charge in [-0.15, -0.1) is 0 Å². The Kier molecular flexibility index (Phi) is 6.08. The molecule has 1 heterocycles. The second-order valence-electron chi connectivity index (χ2n) is 6.64. The molecule has 1 fully saturated rings. The number of carboxylic acid groups (broad SMARTS) is 1. The van der Waals surface area contributed by atoms with Gasteiger partial charge in [-0.05, 0) is 24.6 Å². The van der Waals surface area contributed by atoms with E-state index >= 15 is 0 Å². The molecule has 0 spiro atoms. The minimum Gasteiger partial charge on any atom is -0.481 e. The molecular weight excluding hydrogens is 375 g/mol. The van der Waals surface area contributed by atoms with E-state index in [0.29, 0.717) is 5.56 Å². The molecule has 1 N–H and O–H groups in total. The van der Waals surface area contributed by atoms with Crippen LogP contribution in [0.2, 0.25) is 0 Å². The Morgan fingerprint density at radius 1 is 1.26 bits per heavy atom. The van der Waals surface area contributed by atoms with Crippen LogP contribution in [0.25, 0.3) is 0 Å². The molecular formula is C17H19F5N2O3. The van der Waals surface area contributed by atoms with E-state index < -0.39 is 67.2 Å². The van der Waals surface area contributed by atoms with Gasteiger partial charge in [0.2, 0.25) is 5.91 Å². The molecule has 0 aromatic heterocycles. The van der Waals surface area contributed by atoms with Crippen molar-refractivity contribution in [1.29, 1.82) is 0 Å². The van der Waals surface area contributed by atoms with Gasteiger partial charge in [-0.2, -0.15) is 13.2 Å². The number of carbonyl (C=O) groups excluding carboxylic acids is 1. The van der Waals surface area contributed by atoms with E-state index in [4.69, 9.17) is 5.11 Å². The number of amides is 1. The first kappa shape index (κ1) is 21.1. The van der Waals surface area contributed by atoms with Crippen molar-refractivity contribution in [3.63, 3.8) is 0 Å². The van der Waals surface area contributed by atoms with Crippen LogP contribution in [0, 0.1) is 23.5 Å². The summed E-state index contributed by atoms with van der Waals surface area (Å²) in [6.45, 7) is 0.187. The molecule has 0 saturated carbocycles. The molecule has 2 rings (SSSR count). The summed E-state index contributed by atoms with van der Waals surface area (Å²) in [6.07, 6.45) is -4.67. The topological polar surface area (TPSA) is 60.9 Å². The summed E-state index contributed by atoms with van der Waals surface area (Å²) in [5, 5.41) is 9.01. The van der Waals surface area contributed by atoms with E-state index in [9.17, 15) is 31.5 Å². The Bertz CT molecular complexity index is 725. The van der Waals surface area contributed by atoms with E-state index in [1.165, 1.54) is 18.0 Å². The Labute approximate surface area is 152 Å². The van der Waals surface area contributed by atoms with E-state index in [1.807, 2.05) is 0 Å². The van der Waals surface area contributed by atoms with E-state index in [0.717, 1.165) is 17.0 Å². The van der Waals surface area contributed by atoms with Crippen molar-refractivity contribution in [2.24, 2.45) is 11.8 Å². The molecule has 1 aliphatic rings. The second kappa shape index (κ2) is 7.79. The van der Waals surface area contributed by atoms with Crippen molar-refractivity contribution in [1.82, 2.24) is 9.80 Å². The molecule has 0 aliphatic carbocycles. The van der Waals surface area contributed by atoms with Gasteiger partial charge in [0.15, 0.2) is 11.6 Å². The third-order valence-electron chi connectivity index (χ3n) is 4.89. The molecule has 5 nitrogen and oxygen atoms in total. The zero-order valence-electron chi connectivity index (χ0n) is 14.6. The van der Waals surface area contributed by atoms with Crippen molar-refractivity contribution in [3.8, 4) is 0 Å². The van der Waals surface area contributed by atoms with Crippen LogP contribution in [-0.2, 0) is 9.59 Å². The number of carbonyl (C=O) groups is 2. The lowest BCUT2D eigenvalue weighted by Gasteiger charge is -2.27. The van der Waals surface area contributed by atoms with Gasteiger partial charge >= 0.3 is 12.1 Å². The van der Waals surface area contributed by atoms with Crippen LogP contribution in [-0.4, -0.2) is 59.6 Å². The number of carboxylic acids is 1. The summed E-state index contributed by atoms with van der Waals surface area (Å²) in [7, 11) is 1.39. The number of likely N-dealkylation sites (N-methyl/N-ethyl adjacent to an activating group) is 1. The Morgan fingerprint density at radius 2 is 1.89 bits per heavy atom. The average Bonchev–Trinajstić information content (AvgIpc) is 3.00. The smallest absolute Gasteiger partial charge is 0.393 e. The Morgan fingerprint density at radius 3 is 2.37 bits per heavy atom. The molecule has 1 amide bonds. The largest absolute Gasteiger partial charge is 0.481 e. The minimum atomic E-state index is -4.67. The van der Waals surface area contributed by atoms with Gasteiger partial charge in [-0.25, -0.2) is 8.78 Å². The minimum absolute atomic E-state index is 0.322. The SMILES string of the molecule is CC(c1ccc(F)c(F)c1)N(C)C(=O)CN1C[C@@H](C(F)(F)F)[C@H](C(=O)O)C1. The van der Waals surface area contributed by atoms with Crippen molar-refractivity contribution in [2.45, 2.75) is 19.1 Å². The lowest BCUT2D eigenvalue weighted by atomic mass is 9.96. The maximum atomic E-state index is 13.4. The number of alkyl halides is 3. The molecule has 150 valence electrons. The van der Waals surface area contributed by atoms with Crippen molar-refractivity contribution in [2.75, 3.05) is 26.7 Å². The zero-order chi connectivity index (χ0) is 20.5. The third kappa shape index (κ3) is 4.74. The van der Waals surface area contributed by atoms with Crippen LogP contribution in [0.4, 0.5) is 22.0 Å². The van der Waals surface area contributed by atoms with Gasteiger partial charge in [0, 0.05) is 20.1 Å². The van der Waals surface area contributed by atoms with Crippen LogP contribution in [0.3, 0.4) is 0 Å². The van der Waals surface area contributed by atoms with E-state index in [2.05, 4.69) is 0 Å². The van der Waals surface area contributed by atoms with E-state index in [-0.39, 0.29) is 0 Å². The fourth-order valence-electron chi connectivity index (χ4n) is 3.11. The zero-order valence-corrected chi connectivity index (χ0v) is 14.6. The number of halogens is 5. The molecule has 1 aromatic rings. The van der Waals surface area contributed by atoms with Crippen molar-refractivity contribution in [3.05, 3.63) is 35.4 Å². The highest BCUT2D eigenvalue weighted by Gasteiger charge is 2.52. The molecule has 1 aliphatic heterocycles. The average molecular weight is 394 g/mol. The summed E-state index contributed by atoms with van der Waals surface area (Å²) >= 11 is 0. The van der Waals surface area contributed by atoms with Gasteiger partial charge in [0.1, 0.15) is 0 Å². The molecule has 1 saturated heterocycles. The van der Waals surface area contributed by atoms with Gasteiger partial charge in [0.25, 0.3) is 0 Å². The summed E-state index contributed by atoms with van der Waals surface area (Å²) in [6, 6.07) is 2.53. The number of hydrogen-bond donors (Lipinski definition) is 1. The monoisotopic (exact) mass is 394 g/mol. The van der Waals surface area contributed by atoms with Crippen LogP contribution in [0.1, 0.15) is 18.5 Å². The van der Waals surface area contributed by atoms with Crippen molar-refractivity contribution >= 4 is 11.9 Å². The van der Waals surface area contributed by atoms with Crippen LogP contribution >= 0.6 is 0 Å². The molecule has 27 heavy (non-hydrogen) atoms. The first-order valence-corrected chi connectivity index (χ1v) is 8.14. The number of rotatable bonds is 5. The number of likely N-dealkylation sites (tertiary alicyclic amines) is 1. The quantitative estimate of drug-likeness (QED) is 0.781. The highest BCUT2D eigenvalue weighted by molar-refractivity contribution is 5.79. The highest BCUT2D eigenvalue weighted by atomic mass is 19.4. The van der Waals surface area contributed by atoms with Gasteiger partial charge in [0.05, 0.1) is 24.4 Å². The van der Waals surface area contributed by atoms with Crippen LogP contribution in [0.15, 0.2) is 18.2 Å². The fourth-order valence-corrected chi connectivity index (χ4v) is 3.11. The summed E-state index contributed by atoms with van der Waals surface area (Å²) in [5.74, 6) is -7.90. The standard InChI is InChI=1S/C17H19F5N2O3/c1-9(10-3-4-13(18)14(19)5-10)23(2)15(25)8-24-6-11(16(26)27)12(7-24)17(20,21)22/h3-5,9,11-12H,6-8H2,1-2H3,(H,26,27)/t9?,11-,12-/m1/s1. The summed E-state index contributed by atoms with van der Waals surface area (Å²) < 4.78 is 65.4. The number of nitrogens with zero attached hydrogens (tertiary/aromatic N) is 2. The van der Waals surface area contributed by atoms with Crippen LogP contribution < -0.4 is 0 Å². The highest BCUT2D eigenvalue weighted by Crippen LogP contribution is 2.37. The first-order chi connectivity index (χ1) is 12.4. The molecule has 1 aromatic carbocycles. The molecule has 10 heteroatoms. The lowest BCUT2D eigenvalue weighted by Crippen LogP contribution is -2.39. The predicted octanol–water partition coefficient (Wildman–Crippen LogP) is 2.68. The molecule has 0 radical (unpaired) electrons. The number of aliphatic carboxylic acids is 1. The maximum Gasteiger partial charge on any atom is 0.393 e. The second-order valence-corrected chi connectivity index (χ2v) is 6.64. The summed E-state index contributed by atoms with van der Waals surface area (Å²) in [5.41, 5.74) is 0.322. The van der Waals surface area contributed by atoms with Gasteiger partial charge in [-0.3, -0.25) is 14.5 Å². The normalized spacial score (nSPS) is 21.9. The Hall–Kier alpha value is -2.23. The van der Waals surface area contributed by atoms with Gasteiger partial charge in [-0.1, -0.05) is 6.07 Å². The van der Waals surface area contributed by atoms with E-state index in [1.54, 1.807) is 6.92 Å². The third-order valence-corrected chi connectivity index (χ3v) is 4.89. The predicted molar refractivity (Wildman–Crippen MR) is 84.7 cm³/mol. The summed E-state index contributed by atoms with van der Waals surface area (Å²) in [4.78, 5) is 25.8.